The van der Waals surface area contributed by atoms with Gasteiger partial charge in [-0.05, 0) is 56.3 Å². The van der Waals surface area contributed by atoms with Crippen molar-refractivity contribution in [2.45, 2.75) is 55.5 Å². The Bertz CT molecular complexity index is 510. The molecule has 21 heavy (non-hydrogen) atoms. The van der Waals surface area contributed by atoms with Crippen LogP contribution in [0, 0.1) is 17.8 Å². The first kappa shape index (κ1) is 15.5. The molecule has 0 saturated heterocycles. The molecule has 0 N–H and O–H groups in total. The second kappa shape index (κ2) is 4.32. The van der Waals surface area contributed by atoms with Gasteiger partial charge in [-0.3, -0.25) is 0 Å². The first-order valence-corrected chi connectivity index (χ1v) is 8.26. The molecule has 0 atom stereocenters. The zero-order valence-electron chi connectivity index (χ0n) is 11.0. The second-order valence-corrected chi connectivity index (χ2v) is 8.11. The van der Waals surface area contributed by atoms with Crippen LogP contribution in [0.5, 0.6) is 0 Å². The van der Waals surface area contributed by atoms with E-state index >= 15 is 0 Å². The lowest BCUT2D eigenvalue weighted by Crippen LogP contribution is -2.59. The monoisotopic (exact) mass is 331 g/mol. The van der Waals surface area contributed by atoms with Crippen LogP contribution < -0.4 is 0 Å². The van der Waals surface area contributed by atoms with Crippen LogP contribution in [0.15, 0.2) is 0 Å². The van der Waals surface area contributed by atoms with Crippen LogP contribution >= 0.6 is 0 Å². The van der Waals surface area contributed by atoms with E-state index in [4.69, 9.17) is 0 Å². The molecule has 0 radical (unpaired) electrons. The summed E-state index contributed by atoms with van der Waals surface area (Å²) >= 11 is 0. The highest BCUT2D eigenvalue weighted by Crippen LogP contribution is 2.59. The first-order valence-electron chi connectivity index (χ1n) is 6.85. The summed E-state index contributed by atoms with van der Waals surface area (Å²) in [6.07, 6.45) is -1.99. The zero-order valence-corrected chi connectivity index (χ0v) is 11.8. The van der Waals surface area contributed by atoms with Gasteiger partial charge >= 0.3 is 11.4 Å². The van der Waals surface area contributed by atoms with E-state index < -0.39 is 27.1 Å². The molecule has 9 heteroatoms. The van der Waals surface area contributed by atoms with Crippen molar-refractivity contribution < 1.29 is 35.3 Å². The van der Waals surface area contributed by atoms with Gasteiger partial charge in [-0.25, -0.2) is 8.42 Å². The number of halogens is 4. The lowest BCUT2D eigenvalue weighted by molar-refractivity contribution is -0.375. The second-order valence-electron chi connectivity index (χ2n) is 6.69. The summed E-state index contributed by atoms with van der Waals surface area (Å²) in [5.41, 5.74) is -1.42. The molecule has 0 aromatic rings. The molecule has 122 valence electrons. The van der Waals surface area contributed by atoms with Gasteiger partial charge in [-0.2, -0.15) is 17.6 Å². The predicted octanol–water partition coefficient (Wildman–Crippen LogP) is 2.70. The molecule has 0 amide bonds. The van der Waals surface area contributed by atoms with Gasteiger partial charge < -0.3 is 9.29 Å². The van der Waals surface area contributed by atoms with Crippen LogP contribution in [0.3, 0.4) is 0 Å². The molecule has 4 rings (SSSR count). The van der Waals surface area contributed by atoms with E-state index in [2.05, 4.69) is 4.74 Å². The van der Waals surface area contributed by atoms with Gasteiger partial charge in [0, 0.05) is 0 Å². The minimum atomic E-state index is -6.50. The highest BCUT2D eigenvalue weighted by Gasteiger charge is 2.67. The van der Waals surface area contributed by atoms with Crippen molar-refractivity contribution in [1.82, 2.24) is 0 Å². The van der Waals surface area contributed by atoms with Crippen LogP contribution in [0.1, 0.15) is 38.5 Å². The van der Waals surface area contributed by atoms with Gasteiger partial charge in [-0.15, -0.1) is 0 Å². The van der Waals surface area contributed by atoms with Crippen molar-refractivity contribution in [3.05, 3.63) is 0 Å². The Kier molecular flexibility index (Phi) is 3.18. The molecule has 0 heterocycles. The molecule has 0 unspecified atom stereocenters. The van der Waals surface area contributed by atoms with Gasteiger partial charge in [0.1, 0.15) is 0 Å². The van der Waals surface area contributed by atoms with Crippen molar-refractivity contribution in [3.8, 4) is 0 Å². The largest absolute Gasteiger partial charge is 0.743 e. The fraction of sp³-hybridized carbons (Fsp3) is 1.00. The maximum Gasteiger partial charge on any atom is 0.434 e. The Morgan fingerprint density at radius 2 is 1.33 bits per heavy atom. The van der Waals surface area contributed by atoms with Crippen molar-refractivity contribution >= 4 is 10.1 Å². The summed E-state index contributed by atoms with van der Waals surface area (Å²) < 4.78 is 89.4. The Balaban J connectivity index is 1.86. The average Bonchev–Trinajstić information content (AvgIpc) is 2.22. The van der Waals surface area contributed by atoms with Crippen LogP contribution in [-0.4, -0.2) is 29.9 Å². The van der Waals surface area contributed by atoms with Gasteiger partial charge in [0.25, 0.3) is 0 Å². The summed E-state index contributed by atoms with van der Waals surface area (Å²) in [7, 11) is -6.50. The highest BCUT2D eigenvalue weighted by molar-refractivity contribution is 7.86. The van der Waals surface area contributed by atoms with E-state index in [1.165, 1.54) is 0 Å². The summed E-state index contributed by atoms with van der Waals surface area (Å²) in [5.74, 6) is 0.471. The molecule has 4 aliphatic carbocycles. The van der Waals surface area contributed by atoms with Crippen molar-refractivity contribution in [3.63, 3.8) is 0 Å². The SMILES string of the molecule is O=S(=O)([O-])C(F)(F)C(F)(F)OC12CC3CC(CC(C3)C1)C2. The van der Waals surface area contributed by atoms with E-state index in [-0.39, 0.29) is 37.0 Å². The molecule has 0 spiro atoms. The fourth-order valence-corrected chi connectivity index (χ4v) is 4.97. The Morgan fingerprint density at radius 3 is 1.67 bits per heavy atom. The van der Waals surface area contributed by atoms with E-state index in [9.17, 15) is 30.5 Å². The van der Waals surface area contributed by atoms with Crippen molar-refractivity contribution in [1.29, 1.82) is 0 Å². The molecular weight excluding hydrogens is 316 g/mol. The zero-order chi connectivity index (χ0) is 15.7. The summed E-state index contributed by atoms with van der Waals surface area (Å²) in [6.45, 7) is 0. The molecule has 0 aliphatic heterocycles. The topological polar surface area (TPSA) is 66.4 Å². The minimum Gasteiger partial charge on any atom is -0.743 e. The van der Waals surface area contributed by atoms with E-state index in [1.54, 1.807) is 0 Å². The molecule has 4 saturated carbocycles. The van der Waals surface area contributed by atoms with Crippen LogP contribution in [0.25, 0.3) is 0 Å². The minimum absolute atomic E-state index is 0.157. The van der Waals surface area contributed by atoms with E-state index in [0.29, 0.717) is 0 Å². The third-order valence-corrected chi connectivity index (χ3v) is 5.85. The molecule has 0 aromatic heterocycles. The molecule has 4 bridgehead atoms. The number of alkyl halides is 4. The maximum atomic E-state index is 13.7. The predicted molar refractivity (Wildman–Crippen MR) is 61.6 cm³/mol. The van der Waals surface area contributed by atoms with Gasteiger partial charge in [0.2, 0.25) is 0 Å². The summed E-state index contributed by atoms with van der Waals surface area (Å²) in [4.78, 5) is 0. The lowest BCUT2D eigenvalue weighted by Gasteiger charge is -2.57. The quantitative estimate of drug-likeness (QED) is 0.587. The standard InChI is InChI=1S/C12H16F4O4S/c13-11(14,12(15,16)21(17,18)19)20-10-4-7-1-8(5-10)3-9(2-7)6-10/h7-9H,1-6H2,(H,17,18,19)/p-1. The van der Waals surface area contributed by atoms with E-state index in [0.717, 1.165) is 19.3 Å². The third-order valence-electron chi connectivity index (χ3n) is 4.98. The molecular formula is C12H15F4O4S-. The van der Waals surface area contributed by atoms with Gasteiger partial charge in [0.15, 0.2) is 10.1 Å². The van der Waals surface area contributed by atoms with Gasteiger partial charge in [-0.1, -0.05) is 0 Å². The Labute approximate surface area is 119 Å². The summed E-state index contributed by atoms with van der Waals surface area (Å²) in [6, 6.07) is 0. The number of rotatable bonds is 4. The van der Waals surface area contributed by atoms with Gasteiger partial charge in [0.05, 0.1) is 5.60 Å². The van der Waals surface area contributed by atoms with Crippen LogP contribution in [-0.2, 0) is 14.9 Å². The number of ether oxygens (including phenoxy) is 1. The number of hydrogen-bond donors (Lipinski definition) is 0. The summed E-state index contributed by atoms with van der Waals surface area (Å²) in [5, 5.41) is -5.76. The third kappa shape index (κ3) is 2.37. The molecule has 4 nitrogen and oxygen atoms in total. The van der Waals surface area contributed by atoms with E-state index in [1.807, 2.05) is 0 Å². The number of hydrogen-bond acceptors (Lipinski definition) is 4. The highest BCUT2D eigenvalue weighted by atomic mass is 32.2. The Morgan fingerprint density at radius 1 is 0.952 bits per heavy atom. The molecule has 4 aliphatic rings. The maximum absolute atomic E-state index is 13.7. The van der Waals surface area contributed by atoms with Crippen LogP contribution in [0.2, 0.25) is 0 Å². The van der Waals surface area contributed by atoms with Crippen LogP contribution in [0.4, 0.5) is 17.6 Å². The normalized spacial score (nSPS) is 39.8. The average molecular weight is 331 g/mol. The van der Waals surface area contributed by atoms with Crippen molar-refractivity contribution in [2.75, 3.05) is 0 Å². The molecule has 0 aromatic carbocycles. The first-order chi connectivity index (χ1) is 9.44. The van der Waals surface area contributed by atoms with Crippen molar-refractivity contribution in [2.24, 2.45) is 17.8 Å². The smallest absolute Gasteiger partial charge is 0.434 e. The fourth-order valence-electron chi connectivity index (χ4n) is 4.63. The molecule has 4 fully saturated rings. The Hall–Kier alpha value is -0.410. The lowest BCUT2D eigenvalue weighted by atomic mass is 9.54.